The molecule has 0 spiro atoms. The second kappa shape index (κ2) is 7.68. The van der Waals surface area contributed by atoms with Crippen molar-refractivity contribution in [1.29, 1.82) is 0 Å². The number of nitrogens with zero attached hydrogens (tertiary/aromatic N) is 1. The van der Waals surface area contributed by atoms with Gasteiger partial charge >= 0.3 is 0 Å². The van der Waals surface area contributed by atoms with Crippen LogP contribution in [-0.2, 0) is 27.7 Å². The Hall–Kier alpha value is -2.18. The number of carbonyl (C=O) groups excluding carboxylic acids is 1. The molecule has 0 saturated heterocycles. The Balaban J connectivity index is 1.50. The highest BCUT2D eigenvalue weighted by atomic mass is 32.2. The number of hydrogen-bond donors (Lipinski definition) is 1. The molecule has 1 atom stereocenters. The molecule has 28 heavy (non-hydrogen) atoms. The van der Waals surface area contributed by atoms with Crippen molar-refractivity contribution in [1.82, 2.24) is 4.72 Å². The van der Waals surface area contributed by atoms with Crippen molar-refractivity contribution < 1.29 is 13.2 Å². The highest BCUT2D eigenvalue weighted by Gasteiger charge is 2.36. The zero-order valence-corrected chi connectivity index (χ0v) is 16.9. The minimum atomic E-state index is -3.61. The Labute approximate surface area is 166 Å². The van der Waals surface area contributed by atoms with Gasteiger partial charge in [-0.25, -0.2) is 13.1 Å². The maximum Gasteiger partial charge on any atom is 0.240 e. The summed E-state index contributed by atoms with van der Waals surface area (Å²) in [5.74, 6) is 0.348. The van der Waals surface area contributed by atoms with Gasteiger partial charge in [0.1, 0.15) is 0 Å². The summed E-state index contributed by atoms with van der Waals surface area (Å²) in [5.41, 5.74) is 2.92. The number of carbonyl (C=O) groups is 1. The topological polar surface area (TPSA) is 66.5 Å². The third-order valence-corrected chi connectivity index (χ3v) is 7.11. The van der Waals surface area contributed by atoms with Gasteiger partial charge in [0.05, 0.1) is 4.90 Å². The standard InChI is InChI=1S/C22H26N2O3S/c1-2-19(14-16-6-4-3-5-7-16)23-28(26,27)20-10-11-21-18(15-20)12-13-24(21)22(25)17-8-9-17/h3-7,10-11,15,17,19,23H,2,8-9,12-14H2,1H3. The van der Waals surface area contributed by atoms with Crippen LogP contribution in [-0.4, -0.2) is 26.9 Å². The first kappa shape index (κ1) is 19.2. The number of rotatable bonds is 7. The summed E-state index contributed by atoms with van der Waals surface area (Å²) in [6, 6.07) is 14.9. The van der Waals surface area contributed by atoms with E-state index < -0.39 is 10.0 Å². The van der Waals surface area contributed by atoms with E-state index in [1.807, 2.05) is 42.2 Å². The van der Waals surface area contributed by atoms with E-state index in [1.54, 1.807) is 18.2 Å². The van der Waals surface area contributed by atoms with Crippen molar-refractivity contribution in [3.05, 3.63) is 59.7 Å². The molecule has 1 aliphatic carbocycles. The number of benzene rings is 2. The van der Waals surface area contributed by atoms with E-state index in [2.05, 4.69) is 4.72 Å². The van der Waals surface area contributed by atoms with Crippen LogP contribution >= 0.6 is 0 Å². The van der Waals surface area contributed by atoms with Crippen molar-refractivity contribution in [2.24, 2.45) is 5.92 Å². The van der Waals surface area contributed by atoms with Crippen molar-refractivity contribution in [2.75, 3.05) is 11.4 Å². The van der Waals surface area contributed by atoms with Crippen LogP contribution in [0.1, 0.15) is 37.3 Å². The maximum absolute atomic E-state index is 12.9. The van der Waals surface area contributed by atoms with E-state index in [9.17, 15) is 13.2 Å². The van der Waals surface area contributed by atoms with Crippen LogP contribution in [0.3, 0.4) is 0 Å². The van der Waals surface area contributed by atoms with Gasteiger partial charge in [0.25, 0.3) is 0 Å². The summed E-state index contributed by atoms with van der Waals surface area (Å²) >= 11 is 0. The summed E-state index contributed by atoms with van der Waals surface area (Å²) in [5, 5.41) is 0. The first-order valence-corrected chi connectivity index (χ1v) is 11.5. The third-order valence-electron chi connectivity index (χ3n) is 5.59. The van der Waals surface area contributed by atoms with Crippen LogP contribution in [0.4, 0.5) is 5.69 Å². The summed E-state index contributed by atoms with van der Waals surface area (Å²) in [4.78, 5) is 14.5. The van der Waals surface area contributed by atoms with Gasteiger partial charge in [0.15, 0.2) is 0 Å². The molecule has 2 aliphatic rings. The molecule has 2 aromatic carbocycles. The monoisotopic (exact) mass is 398 g/mol. The number of amides is 1. The predicted molar refractivity (Wildman–Crippen MR) is 110 cm³/mol. The van der Waals surface area contributed by atoms with Gasteiger partial charge in [-0.1, -0.05) is 37.3 Å². The average molecular weight is 399 g/mol. The number of fused-ring (bicyclic) bond motifs is 1. The van der Waals surface area contributed by atoms with Crippen molar-refractivity contribution in [3.8, 4) is 0 Å². The van der Waals surface area contributed by atoms with Crippen LogP contribution < -0.4 is 9.62 Å². The smallest absolute Gasteiger partial charge is 0.240 e. The Morgan fingerprint density at radius 1 is 1.18 bits per heavy atom. The molecule has 6 heteroatoms. The van der Waals surface area contributed by atoms with Crippen LogP contribution in [0.25, 0.3) is 0 Å². The van der Waals surface area contributed by atoms with Gasteiger partial charge in [-0.05, 0) is 61.4 Å². The van der Waals surface area contributed by atoms with Gasteiger partial charge in [-0.15, -0.1) is 0 Å². The fraction of sp³-hybridized carbons (Fsp3) is 0.409. The molecule has 1 N–H and O–H groups in total. The van der Waals surface area contributed by atoms with Gasteiger partial charge in [-0.3, -0.25) is 4.79 Å². The van der Waals surface area contributed by atoms with Gasteiger partial charge in [0, 0.05) is 24.2 Å². The molecule has 1 unspecified atom stereocenters. The Morgan fingerprint density at radius 2 is 1.93 bits per heavy atom. The molecular formula is C22H26N2O3S. The van der Waals surface area contributed by atoms with Crippen LogP contribution in [0.15, 0.2) is 53.4 Å². The lowest BCUT2D eigenvalue weighted by Gasteiger charge is -2.19. The van der Waals surface area contributed by atoms with Crippen molar-refractivity contribution in [2.45, 2.75) is 50.0 Å². The molecule has 0 radical (unpaired) electrons. The summed E-state index contributed by atoms with van der Waals surface area (Å²) in [7, 11) is -3.61. The lowest BCUT2D eigenvalue weighted by atomic mass is 10.1. The molecule has 148 valence electrons. The highest BCUT2D eigenvalue weighted by molar-refractivity contribution is 7.89. The minimum absolute atomic E-state index is 0.159. The summed E-state index contributed by atoms with van der Waals surface area (Å²) < 4.78 is 28.7. The second-order valence-electron chi connectivity index (χ2n) is 7.72. The molecule has 1 aliphatic heterocycles. The van der Waals surface area contributed by atoms with Crippen LogP contribution in [0.2, 0.25) is 0 Å². The second-order valence-corrected chi connectivity index (χ2v) is 9.43. The Bertz CT molecular complexity index is 969. The number of hydrogen-bond acceptors (Lipinski definition) is 3. The molecule has 0 bridgehead atoms. The molecule has 1 amide bonds. The molecule has 4 rings (SSSR count). The molecular weight excluding hydrogens is 372 g/mol. The largest absolute Gasteiger partial charge is 0.312 e. The van der Waals surface area contributed by atoms with Crippen molar-refractivity contribution in [3.63, 3.8) is 0 Å². The Kier molecular flexibility index (Phi) is 5.25. The van der Waals surface area contributed by atoms with E-state index in [-0.39, 0.29) is 22.8 Å². The van der Waals surface area contributed by atoms with Gasteiger partial charge in [-0.2, -0.15) is 0 Å². The number of sulfonamides is 1. The lowest BCUT2D eigenvalue weighted by Crippen LogP contribution is -2.36. The maximum atomic E-state index is 12.9. The molecule has 0 aromatic heterocycles. The average Bonchev–Trinajstić information content (AvgIpc) is 3.46. The first-order chi connectivity index (χ1) is 13.5. The highest BCUT2D eigenvalue weighted by Crippen LogP contribution is 2.37. The fourth-order valence-electron chi connectivity index (χ4n) is 3.78. The number of anilines is 1. The molecule has 2 aromatic rings. The van der Waals surface area contributed by atoms with E-state index in [0.29, 0.717) is 25.8 Å². The van der Waals surface area contributed by atoms with Gasteiger partial charge in [0.2, 0.25) is 15.9 Å². The van der Waals surface area contributed by atoms with E-state index >= 15 is 0 Å². The molecule has 1 heterocycles. The van der Waals surface area contributed by atoms with Crippen LogP contribution in [0.5, 0.6) is 0 Å². The summed E-state index contributed by atoms with van der Waals surface area (Å²) in [6.45, 7) is 2.63. The minimum Gasteiger partial charge on any atom is -0.312 e. The zero-order valence-electron chi connectivity index (χ0n) is 16.1. The third kappa shape index (κ3) is 3.98. The van der Waals surface area contributed by atoms with Gasteiger partial charge < -0.3 is 4.90 Å². The van der Waals surface area contributed by atoms with E-state index in [0.717, 1.165) is 29.7 Å². The Morgan fingerprint density at radius 3 is 2.61 bits per heavy atom. The predicted octanol–water partition coefficient (Wildman–Crippen LogP) is 3.29. The molecule has 5 nitrogen and oxygen atoms in total. The zero-order chi connectivity index (χ0) is 19.7. The van der Waals surface area contributed by atoms with Crippen LogP contribution in [0, 0.1) is 5.92 Å². The van der Waals surface area contributed by atoms with E-state index in [1.165, 1.54) is 0 Å². The molecule has 1 fully saturated rings. The lowest BCUT2D eigenvalue weighted by molar-refractivity contribution is -0.119. The summed E-state index contributed by atoms with van der Waals surface area (Å²) in [6.07, 6.45) is 4.02. The van der Waals surface area contributed by atoms with E-state index in [4.69, 9.17) is 0 Å². The fourth-order valence-corrected chi connectivity index (χ4v) is 5.15. The normalized spacial score (nSPS) is 17.4. The van der Waals surface area contributed by atoms with Crippen molar-refractivity contribution >= 4 is 21.6 Å². The first-order valence-electron chi connectivity index (χ1n) is 9.98. The number of nitrogens with one attached hydrogen (secondary N) is 1. The SMILES string of the molecule is CCC(Cc1ccccc1)NS(=O)(=O)c1ccc2c(c1)CCN2C(=O)C1CC1. The quantitative estimate of drug-likeness (QED) is 0.778. The molecule has 1 saturated carbocycles.